The summed E-state index contributed by atoms with van der Waals surface area (Å²) in [5.74, 6) is 0.0357. The first-order valence-electron chi connectivity index (χ1n) is 7.76. The number of rotatable bonds is 5. The van der Waals surface area contributed by atoms with Gasteiger partial charge in [-0.15, -0.1) is 0 Å². The average Bonchev–Trinajstić information content (AvgIpc) is 2.56. The lowest BCUT2D eigenvalue weighted by molar-refractivity contribution is -0.130. The van der Waals surface area contributed by atoms with Crippen molar-refractivity contribution in [2.45, 2.75) is 44.1 Å². The van der Waals surface area contributed by atoms with Crippen LogP contribution < -0.4 is 10.6 Å². The van der Waals surface area contributed by atoms with E-state index >= 15 is 0 Å². The highest BCUT2D eigenvalue weighted by Gasteiger charge is 2.43. The van der Waals surface area contributed by atoms with Crippen LogP contribution in [0.3, 0.4) is 0 Å². The van der Waals surface area contributed by atoms with E-state index in [0.717, 1.165) is 31.5 Å². The smallest absolute Gasteiger partial charge is 0.231 e. The van der Waals surface area contributed by atoms with E-state index in [9.17, 15) is 9.90 Å². The molecule has 0 aliphatic carbocycles. The highest BCUT2D eigenvalue weighted by molar-refractivity contribution is 5.89. The quantitative estimate of drug-likeness (QED) is 0.771. The molecule has 0 spiro atoms. The monoisotopic (exact) mass is 290 g/mol. The van der Waals surface area contributed by atoms with E-state index in [1.54, 1.807) is 0 Å². The number of aliphatic hydroxyl groups excluding tert-OH is 1. The summed E-state index contributed by atoms with van der Waals surface area (Å²) in [6.07, 6.45) is 2.28. The van der Waals surface area contributed by atoms with Crippen LogP contribution in [-0.2, 0) is 10.2 Å². The minimum Gasteiger partial charge on any atom is -0.394 e. The molecule has 3 N–H and O–H groups in total. The molecule has 1 aromatic carbocycles. The van der Waals surface area contributed by atoms with Gasteiger partial charge in [0.1, 0.15) is 0 Å². The first-order chi connectivity index (χ1) is 10.1. The number of aliphatic hydroxyl groups is 1. The van der Waals surface area contributed by atoms with Crippen LogP contribution >= 0.6 is 0 Å². The first kappa shape index (κ1) is 16.0. The van der Waals surface area contributed by atoms with Crippen LogP contribution in [0.1, 0.15) is 38.7 Å². The van der Waals surface area contributed by atoms with E-state index in [-0.39, 0.29) is 12.5 Å². The summed E-state index contributed by atoms with van der Waals surface area (Å²) in [4.78, 5) is 13.0. The van der Waals surface area contributed by atoms with Crippen molar-refractivity contribution in [1.29, 1.82) is 0 Å². The normalized spacial score (nSPS) is 20.5. The zero-order valence-corrected chi connectivity index (χ0v) is 13.0. The molecule has 0 aromatic heterocycles. The molecule has 1 aliphatic rings. The van der Waals surface area contributed by atoms with Crippen LogP contribution in [0.25, 0.3) is 0 Å². The summed E-state index contributed by atoms with van der Waals surface area (Å²) in [5, 5.41) is 16.0. The van der Waals surface area contributed by atoms with Crippen LogP contribution in [-0.4, -0.2) is 36.2 Å². The fourth-order valence-corrected chi connectivity index (χ4v) is 2.89. The van der Waals surface area contributed by atoms with Crippen molar-refractivity contribution in [3.05, 3.63) is 35.9 Å². The topological polar surface area (TPSA) is 61.4 Å². The molecule has 0 bridgehead atoms. The molecule has 116 valence electrons. The Hall–Kier alpha value is -1.39. The fourth-order valence-electron chi connectivity index (χ4n) is 2.89. The highest BCUT2D eigenvalue weighted by Crippen LogP contribution is 2.34. The largest absolute Gasteiger partial charge is 0.394 e. The Balaban J connectivity index is 2.30. The van der Waals surface area contributed by atoms with Gasteiger partial charge in [0, 0.05) is 0 Å². The summed E-state index contributed by atoms with van der Waals surface area (Å²) in [6.45, 7) is 5.51. The van der Waals surface area contributed by atoms with Crippen molar-refractivity contribution in [1.82, 2.24) is 10.6 Å². The zero-order chi connectivity index (χ0) is 15.3. The maximum atomic E-state index is 13.0. The van der Waals surface area contributed by atoms with Gasteiger partial charge in [-0.25, -0.2) is 0 Å². The Kier molecular flexibility index (Phi) is 5.01. The number of hydrogen-bond acceptors (Lipinski definition) is 3. The van der Waals surface area contributed by atoms with Gasteiger partial charge >= 0.3 is 0 Å². The molecule has 1 amide bonds. The number of hydrogen-bond donors (Lipinski definition) is 3. The van der Waals surface area contributed by atoms with Gasteiger partial charge in [0.05, 0.1) is 17.6 Å². The molecule has 1 heterocycles. The number of carbonyl (C=O) groups excluding carboxylic acids is 1. The second-order valence-electron chi connectivity index (χ2n) is 6.22. The molecular formula is C17H26N2O2. The van der Waals surface area contributed by atoms with Crippen LogP contribution in [0, 0.1) is 0 Å². The predicted molar refractivity (Wildman–Crippen MR) is 84.1 cm³/mol. The lowest BCUT2D eigenvalue weighted by Crippen LogP contribution is -2.57. The van der Waals surface area contributed by atoms with Gasteiger partial charge in [-0.05, 0) is 44.8 Å². The number of nitrogens with one attached hydrogen (secondary N) is 2. The zero-order valence-electron chi connectivity index (χ0n) is 13.0. The molecule has 2 rings (SSSR count). The van der Waals surface area contributed by atoms with Gasteiger partial charge < -0.3 is 15.7 Å². The van der Waals surface area contributed by atoms with Crippen LogP contribution in [0.2, 0.25) is 0 Å². The third kappa shape index (κ3) is 3.27. The summed E-state index contributed by atoms with van der Waals surface area (Å²) >= 11 is 0. The molecule has 1 atom stereocenters. The third-order valence-electron chi connectivity index (χ3n) is 4.76. The molecule has 0 saturated carbocycles. The second kappa shape index (κ2) is 6.58. The van der Waals surface area contributed by atoms with Gasteiger partial charge in [-0.2, -0.15) is 0 Å². The fraction of sp³-hybridized carbons (Fsp3) is 0.588. The van der Waals surface area contributed by atoms with Crippen molar-refractivity contribution in [3.8, 4) is 0 Å². The highest BCUT2D eigenvalue weighted by atomic mass is 16.3. The van der Waals surface area contributed by atoms with E-state index in [0.29, 0.717) is 6.42 Å². The number of benzene rings is 1. The van der Waals surface area contributed by atoms with Crippen molar-refractivity contribution in [2.24, 2.45) is 0 Å². The van der Waals surface area contributed by atoms with Gasteiger partial charge in [0.25, 0.3) is 0 Å². The average molecular weight is 290 g/mol. The van der Waals surface area contributed by atoms with E-state index in [2.05, 4.69) is 10.6 Å². The molecule has 1 aromatic rings. The Morgan fingerprint density at radius 2 is 1.95 bits per heavy atom. The van der Waals surface area contributed by atoms with Crippen LogP contribution in [0.4, 0.5) is 0 Å². The van der Waals surface area contributed by atoms with E-state index in [1.807, 2.05) is 44.2 Å². The summed E-state index contributed by atoms with van der Waals surface area (Å²) in [5.41, 5.74) is 0.0300. The number of piperidine rings is 1. The van der Waals surface area contributed by atoms with Gasteiger partial charge in [0.15, 0.2) is 0 Å². The van der Waals surface area contributed by atoms with Crippen LogP contribution in [0.5, 0.6) is 0 Å². The Morgan fingerprint density at radius 3 is 2.48 bits per heavy atom. The van der Waals surface area contributed by atoms with Gasteiger partial charge in [-0.1, -0.05) is 37.3 Å². The van der Waals surface area contributed by atoms with Crippen molar-refractivity contribution >= 4 is 5.91 Å². The maximum Gasteiger partial charge on any atom is 0.231 e. The Bertz CT molecular complexity index is 463. The molecule has 0 radical (unpaired) electrons. The SMILES string of the molecule is CCC(C)(CO)NC(=O)C1(c2ccccc2)CCNCC1. The lowest BCUT2D eigenvalue weighted by Gasteiger charge is -2.40. The first-order valence-corrected chi connectivity index (χ1v) is 7.76. The maximum absolute atomic E-state index is 13.0. The van der Waals surface area contributed by atoms with E-state index in [1.165, 1.54) is 0 Å². The van der Waals surface area contributed by atoms with E-state index < -0.39 is 11.0 Å². The van der Waals surface area contributed by atoms with E-state index in [4.69, 9.17) is 0 Å². The molecule has 4 heteroatoms. The van der Waals surface area contributed by atoms with Gasteiger partial charge in [0.2, 0.25) is 5.91 Å². The molecule has 21 heavy (non-hydrogen) atoms. The number of carbonyl (C=O) groups is 1. The Morgan fingerprint density at radius 1 is 1.33 bits per heavy atom. The molecule has 1 fully saturated rings. The minimum atomic E-state index is -0.552. The number of amides is 1. The standard InChI is InChI=1S/C17H26N2O2/c1-3-16(2,13-20)19-15(21)17(9-11-18-12-10-17)14-7-5-4-6-8-14/h4-8,18,20H,3,9-13H2,1-2H3,(H,19,21). The lowest BCUT2D eigenvalue weighted by atomic mass is 9.72. The Labute approximate surface area is 126 Å². The molecular weight excluding hydrogens is 264 g/mol. The van der Waals surface area contributed by atoms with Crippen LogP contribution in [0.15, 0.2) is 30.3 Å². The second-order valence-corrected chi connectivity index (χ2v) is 6.22. The summed E-state index contributed by atoms with van der Waals surface area (Å²) in [6, 6.07) is 10.0. The summed E-state index contributed by atoms with van der Waals surface area (Å²) < 4.78 is 0. The summed E-state index contributed by atoms with van der Waals surface area (Å²) in [7, 11) is 0. The third-order valence-corrected chi connectivity index (χ3v) is 4.76. The molecule has 1 aliphatic heterocycles. The van der Waals surface area contributed by atoms with Gasteiger partial charge in [-0.3, -0.25) is 4.79 Å². The van der Waals surface area contributed by atoms with Crippen molar-refractivity contribution < 1.29 is 9.90 Å². The molecule has 1 unspecified atom stereocenters. The van der Waals surface area contributed by atoms with Crippen molar-refractivity contribution in [3.63, 3.8) is 0 Å². The molecule has 1 saturated heterocycles. The van der Waals surface area contributed by atoms with Crippen molar-refractivity contribution in [2.75, 3.05) is 19.7 Å². The minimum absolute atomic E-state index is 0.0357. The predicted octanol–water partition coefficient (Wildman–Crippen LogP) is 1.58. The molecule has 4 nitrogen and oxygen atoms in total.